The Balaban J connectivity index is 1.70. The van der Waals surface area contributed by atoms with Crippen molar-refractivity contribution in [1.82, 2.24) is 0 Å². The van der Waals surface area contributed by atoms with Gasteiger partial charge in [0.15, 0.2) is 11.5 Å². The highest BCUT2D eigenvalue weighted by molar-refractivity contribution is 7.84. The number of benzene rings is 1. The third kappa shape index (κ3) is 3.09. The van der Waals surface area contributed by atoms with Gasteiger partial charge in [0.1, 0.15) is 0 Å². The van der Waals surface area contributed by atoms with Crippen molar-refractivity contribution in [2.45, 2.75) is 51.4 Å². The smallest absolute Gasteiger partial charge is 0.380 e. The standard InChI is InChI=1S/C21H26N2O4S/c1-21-9-7-15-16(18(21)6-4-14(21)8-10-22)5-3-13-11-20(27-28(23,24)25)19(26-2)12-17(13)15/h8,11-12,15-16,18H,3-7,9H2,1-2H3,(H2,23,24,25)/t15?,16?,18?,21-/m1/s1. The van der Waals surface area contributed by atoms with E-state index in [2.05, 4.69) is 13.0 Å². The topological polar surface area (TPSA) is 102 Å². The fraction of sp³-hybridized carbons (Fsp3) is 0.571. The first-order chi connectivity index (χ1) is 13.3. The molecule has 0 aliphatic heterocycles. The Bertz CT molecular complexity index is 979. The lowest BCUT2D eigenvalue weighted by atomic mass is 9.55. The van der Waals surface area contributed by atoms with Gasteiger partial charge in [-0.3, -0.25) is 0 Å². The van der Waals surface area contributed by atoms with E-state index in [1.54, 1.807) is 12.1 Å². The average Bonchev–Trinajstić information content (AvgIpc) is 2.96. The summed E-state index contributed by atoms with van der Waals surface area (Å²) < 4.78 is 33.1. The monoisotopic (exact) mass is 402 g/mol. The molecule has 3 aliphatic rings. The maximum Gasteiger partial charge on any atom is 0.380 e. The minimum Gasteiger partial charge on any atom is -0.493 e. The van der Waals surface area contributed by atoms with Crippen LogP contribution in [0.2, 0.25) is 0 Å². The van der Waals surface area contributed by atoms with Gasteiger partial charge < -0.3 is 8.92 Å². The number of hydrogen-bond acceptors (Lipinski definition) is 5. The summed E-state index contributed by atoms with van der Waals surface area (Å²) in [6, 6.07) is 5.96. The molecule has 0 radical (unpaired) electrons. The molecule has 3 unspecified atom stereocenters. The molecule has 0 heterocycles. The van der Waals surface area contributed by atoms with Gasteiger partial charge in [0.2, 0.25) is 0 Å². The molecule has 2 saturated carbocycles. The lowest BCUT2D eigenvalue weighted by Gasteiger charge is -2.49. The SMILES string of the molecule is COc1cc2c(cc1OS(N)(=O)=O)CCC1C2CC[C@]2(C)C(=CC#N)CCC12. The highest BCUT2D eigenvalue weighted by Gasteiger charge is 2.52. The number of nitrogens with two attached hydrogens (primary N) is 1. The summed E-state index contributed by atoms with van der Waals surface area (Å²) in [7, 11) is -2.60. The van der Waals surface area contributed by atoms with E-state index < -0.39 is 10.3 Å². The van der Waals surface area contributed by atoms with Crippen LogP contribution in [-0.4, -0.2) is 15.5 Å². The Kier molecular flexibility index (Phi) is 4.67. The van der Waals surface area contributed by atoms with Crippen LogP contribution in [0.3, 0.4) is 0 Å². The number of ether oxygens (including phenoxy) is 1. The van der Waals surface area contributed by atoms with Crippen LogP contribution in [0.25, 0.3) is 0 Å². The minimum atomic E-state index is -4.10. The molecule has 0 spiro atoms. The van der Waals surface area contributed by atoms with Crippen molar-refractivity contribution in [3.8, 4) is 17.6 Å². The fourth-order valence-electron chi connectivity index (χ4n) is 6.09. The molecule has 1 aromatic rings. The largest absolute Gasteiger partial charge is 0.493 e. The van der Waals surface area contributed by atoms with Crippen LogP contribution in [0.15, 0.2) is 23.8 Å². The van der Waals surface area contributed by atoms with E-state index in [1.165, 1.54) is 18.2 Å². The number of methoxy groups -OCH3 is 1. The Morgan fingerprint density at radius 1 is 1.25 bits per heavy atom. The molecular formula is C21H26N2O4S. The first-order valence-electron chi connectivity index (χ1n) is 9.79. The Morgan fingerprint density at radius 3 is 2.71 bits per heavy atom. The van der Waals surface area contributed by atoms with Gasteiger partial charge in [0.05, 0.1) is 13.2 Å². The van der Waals surface area contributed by atoms with E-state index in [0.717, 1.165) is 44.1 Å². The molecule has 2 fully saturated rings. The van der Waals surface area contributed by atoms with E-state index in [0.29, 0.717) is 23.5 Å². The number of rotatable bonds is 3. The zero-order valence-corrected chi connectivity index (χ0v) is 17.1. The van der Waals surface area contributed by atoms with Gasteiger partial charge in [-0.2, -0.15) is 18.8 Å². The van der Waals surface area contributed by atoms with E-state index in [-0.39, 0.29) is 11.2 Å². The molecule has 0 bridgehead atoms. The van der Waals surface area contributed by atoms with Gasteiger partial charge in [-0.15, -0.1) is 0 Å². The predicted octanol–water partition coefficient (Wildman–Crippen LogP) is 3.58. The second-order valence-electron chi connectivity index (χ2n) is 8.49. The molecule has 1 aromatic carbocycles. The molecule has 2 N–H and O–H groups in total. The summed E-state index contributed by atoms with van der Waals surface area (Å²) in [5.41, 5.74) is 3.82. The summed E-state index contributed by atoms with van der Waals surface area (Å²) in [6.07, 6.45) is 8.02. The van der Waals surface area contributed by atoms with Crippen LogP contribution in [0.5, 0.6) is 11.5 Å². The molecule has 28 heavy (non-hydrogen) atoms. The maximum absolute atomic E-state index is 11.4. The van der Waals surface area contributed by atoms with Gasteiger partial charge >= 0.3 is 10.3 Å². The second kappa shape index (κ2) is 6.78. The van der Waals surface area contributed by atoms with E-state index >= 15 is 0 Å². The summed E-state index contributed by atoms with van der Waals surface area (Å²) in [4.78, 5) is 0. The van der Waals surface area contributed by atoms with Crippen LogP contribution >= 0.6 is 0 Å². The van der Waals surface area contributed by atoms with Gasteiger partial charge in [0, 0.05) is 6.08 Å². The van der Waals surface area contributed by atoms with Crippen molar-refractivity contribution in [2.24, 2.45) is 22.4 Å². The fourth-order valence-corrected chi connectivity index (χ4v) is 6.47. The molecule has 7 heteroatoms. The summed E-state index contributed by atoms with van der Waals surface area (Å²) in [6.45, 7) is 2.34. The molecule has 4 rings (SSSR count). The highest BCUT2D eigenvalue weighted by Crippen LogP contribution is 2.63. The second-order valence-corrected chi connectivity index (χ2v) is 9.64. The van der Waals surface area contributed by atoms with Crippen LogP contribution in [0.4, 0.5) is 0 Å². The van der Waals surface area contributed by atoms with Crippen molar-refractivity contribution in [3.63, 3.8) is 0 Å². The van der Waals surface area contributed by atoms with Crippen LogP contribution in [0, 0.1) is 28.6 Å². The Morgan fingerprint density at radius 2 is 2.04 bits per heavy atom. The number of nitriles is 1. The predicted molar refractivity (Wildman–Crippen MR) is 105 cm³/mol. The lowest BCUT2D eigenvalue weighted by molar-refractivity contribution is 0.0813. The van der Waals surface area contributed by atoms with Gasteiger partial charge in [0.25, 0.3) is 0 Å². The van der Waals surface area contributed by atoms with Crippen molar-refractivity contribution in [2.75, 3.05) is 7.11 Å². The maximum atomic E-state index is 11.4. The average molecular weight is 403 g/mol. The summed E-state index contributed by atoms with van der Waals surface area (Å²) >= 11 is 0. The third-order valence-corrected chi connectivity index (χ3v) is 7.71. The van der Waals surface area contributed by atoms with Crippen LogP contribution in [0.1, 0.15) is 56.1 Å². The lowest BCUT2D eigenvalue weighted by Crippen LogP contribution is -2.40. The molecule has 3 aliphatic carbocycles. The minimum absolute atomic E-state index is 0.134. The van der Waals surface area contributed by atoms with Crippen molar-refractivity contribution in [3.05, 3.63) is 34.9 Å². The number of hydrogen-bond donors (Lipinski definition) is 1. The third-order valence-electron chi connectivity index (χ3n) is 7.30. The van der Waals surface area contributed by atoms with Gasteiger partial charge in [-0.25, -0.2) is 0 Å². The summed E-state index contributed by atoms with van der Waals surface area (Å²) in [5, 5.41) is 14.2. The highest BCUT2D eigenvalue weighted by atomic mass is 32.2. The Hall–Kier alpha value is -2.04. The Labute approximate surface area is 166 Å². The number of nitrogens with zero attached hydrogens (tertiary/aromatic N) is 1. The molecule has 150 valence electrons. The number of fused-ring (bicyclic) bond motifs is 5. The van der Waals surface area contributed by atoms with Crippen molar-refractivity contribution in [1.29, 1.82) is 5.26 Å². The molecule has 6 nitrogen and oxygen atoms in total. The molecule has 4 atom stereocenters. The number of allylic oxidation sites excluding steroid dienone is 2. The van der Waals surface area contributed by atoms with E-state index in [4.69, 9.17) is 19.3 Å². The zero-order chi connectivity index (χ0) is 20.1. The molecule has 0 amide bonds. The van der Waals surface area contributed by atoms with Crippen molar-refractivity contribution < 1.29 is 17.3 Å². The first kappa shape index (κ1) is 19.3. The molecular weight excluding hydrogens is 376 g/mol. The van der Waals surface area contributed by atoms with Crippen LogP contribution < -0.4 is 14.1 Å². The molecule has 0 saturated heterocycles. The van der Waals surface area contributed by atoms with Crippen LogP contribution in [-0.2, 0) is 16.7 Å². The van der Waals surface area contributed by atoms with Crippen molar-refractivity contribution >= 4 is 10.3 Å². The zero-order valence-electron chi connectivity index (χ0n) is 16.3. The molecule has 0 aromatic heterocycles. The van der Waals surface area contributed by atoms with Gasteiger partial charge in [-0.05, 0) is 85.0 Å². The van der Waals surface area contributed by atoms with E-state index in [1.807, 2.05) is 6.07 Å². The van der Waals surface area contributed by atoms with E-state index in [9.17, 15) is 8.42 Å². The normalized spacial score (nSPS) is 32.8. The quantitative estimate of drug-likeness (QED) is 0.779. The summed E-state index contributed by atoms with van der Waals surface area (Å²) in [5.74, 6) is 2.15. The van der Waals surface area contributed by atoms with Gasteiger partial charge in [-0.1, -0.05) is 12.5 Å². The number of aryl methyl sites for hydroxylation is 1. The first-order valence-corrected chi connectivity index (χ1v) is 11.3.